The van der Waals surface area contributed by atoms with Gasteiger partial charge in [-0.25, -0.2) is 4.98 Å². The molecule has 1 amide bonds. The molecule has 8 nitrogen and oxygen atoms in total. The van der Waals surface area contributed by atoms with E-state index in [1.54, 1.807) is 6.07 Å². The lowest BCUT2D eigenvalue weighted by Gasteiger charge is -2.16. The number of rotatable bonds is 8. The van der Waals surface area contributed by atoms with Gasteiger partial charge in [0.2, 0.25) is 5.43 Å². The van der Waals surface area contributed by atoms with Gasteiger partial charge in [0, 0.05) is 31.2 Å². The number of carbonyl (C=O) groups excluding carboxylic acids is 1. The van der Waals surface area contributed by atoms with Gasteiger partial charge in [0.05, 0.1) is 15.6 Å². The quantitative estimate of drug-likeness (QED) is 0.352. The zero-order valence-corrected chi connectivity index (χ0v) is 22.3. The van der Waals surface area contributed by atoms with Crippen molar-refractivity contribution in [2.45, 2.75) is 25.7 Å². The van der Waals surface area contributed by atoms with Crippen molar-refractivity contribution >= 4 is 60.7 Å². The molecule has 2 aliphatic rings. The molecule has 10 heteroatoms. The summed E-state index contributed by atoms with van der Waals surface area (Å²) >= 11 is 7.78. The van der Waals surface area contributed by atoms with E-state index in [2.05, 4.69) is 20.4 Å². The first-order valence-electron chi connectivity index (χ1n) is 13.1. The second-order valence-corrected chi connectivity index (χ2v) is 11.4. The average Bonchev–Trinajstić information content (AvgIpc) is 3.66. The molecule has 0 radical (unpaired) electrons. The largest absolute Gasteiger partial charge is 0.369 e. The van der Waals surface area contributed by atoms with Crippen molar-refractivity contribution in [2.75, 3.05) is 57.7 Å². The van der Waals surface area contributed by atoms with Crippen molar-refractivity contribution in [3.8, 4) is 0 Å². The van der Waals surface area contributed by atoms with E-state index in [4.69, 9.17) is 16.6 Å². The molecule has 0 saturated carbocycles. The Balaban J connectivity index is 1.38. The van der Waals surface area contributed by atoms with Crippen LogP contribution in [0.2, 0.25) is 5.02 Å². The van der Waals surface area contributed by atoms with Crippen LogP contribution in [-0.2, 0) is 0 Å². The first-order valence-corrected chi connectivity index (χ1v) is 14.3. The monoisotopic (exact) mass is 538 g/mol. The number of anilines is 1. The van der Waals surface area contributed by atoms with E-state index in [-0.39, 0.29) is 16.9 Å². The minimum atomic E-state index is -0.339. The summed E-state index contributed by atoms with van der Waals surface area (Å²) in [5.41, 5.74) is 1.25. The predicted octanol–water partition coefficient (Wildman–Crippen LogP) is 4.05. The van der Waals surface area contributed by atoms with Gasteiger partial charge in [-0.15, -0.1) is 11.3 Å². The highest BCUT2D eigenvalue weighted by Crippen LogP contribution is 2.32. The van der Waals surface area contributed by atoms with Gasteiger partial charge in [0.15, 0.2) is 5.65 Å². The highest BCUT2D eigenvalue weighted by atomic mass is 35.5. The van der Waals surface area contributed by atoms with Gasteiger partial charge in [-0.1, -0.05) is 11.6 Å². The fourth-order valence-corrected chi connectivity index (χ4v) is 6.81. The topological polar surface area (TPSA) is 82.0 Å². The summed E-state index contributed by atoms with van der Waals surface area (Å²) in [4.78, 5) is 37.3. The Labute approximate surface area is 224 Å². The maximum atomic E-state index is 13.7. The van der Waals surface area contributed by atoms with Crippen LogP contribution in [0.1, 0.15) is 36.0 Å². The van der Waals surface area contributed by atoms with E-state index >= 15 is 0 Å². The smallest absolute Gasteiger partial charge is 0.258 e. The highest BCUT2D eigenvalue weighted by molar-refractivity contribution is 7.24. The van der Waals surface area contributed by atoms with E-state index in [0.29, 0.717) is 33.2 Å². The van der Waals surface area contributed by atoms with Gasteiger partial charge in [0.25, 0.3) is 5.91 Å². The standard InChI is InChI=1S/C27H31ClN6O2S/c28-18-5-7-21-20(17-18)34-25-19(6-8-22(31-25)29-9-15-32-11-1-2-12-32)24(35)23(27(34)37-21)26(36)30-10-16-33-13-3-4-14-33/h5-8,17H,1-4,9-16H2,(H,29,31)(H,30,36). The van der Waals surface area contributed by atoms with Crippen LogP contribution in [0, 0.1) is 0 Å². The average molecular weight is 539 g/mol. The van der Waals surface area contributed by atoms with E-state index in [0.717, 1.165) is 56.0 Å². The maximum absolute atomic E-state index is 13.7. The number of nitrogens with zero attached hydrogens (tertiary/aromatic N) is 4. The molecule has 4 aromatic rings. The molecule has 5 heterocycles. The molecule has 0 atom stereocenters. The molecule has 2 N–H and O–H groups in total. The van der Waals surface area contributed by atoms with Crippen LogP contribution >= 0.6 is 22.9 Å². The molecule has 2 fully saturated rings. The number of benzene rings is 1. The lowest BCUT2D eigenvalue weighted by atomic mass is 10.1. The SMILES string of the molecule is O=C(NCCN1CCCC1)c1c(=O)c2ccc(NCCN3CCCC3)nc2n2c1sc1ccc(Cl)cc12. The first-order chi connectivity index (χ1) is 18.1. The minimum absolute atomic E-state index is 0.169. The Morgan fingerprint density at radius 3 is 2.41 bits per heavy atom. The lowest BCUT2D eigenvalue weighted by Crippen LogP contribution is -2.35. The second-order valence-electron chi connectivity index (χ2n) is 9.91. The zero-order valence-electron chi connectivity index (χ0n) is 20.8. The summed E-state index contributed by atoms with van der Waals surface area (Å²) in [6.07, 6.45) is 4.92. The van der Waals surface area contributed by atoms with Crippen LogP contribution in [0.4, 0.5) is 5.82 Å². The number of likely N-dealkylation sites (tertiary alicyclic amines) is 2. The lowest BCUT2D eigenvalue weighted by molar-refractivity contribution is 0.0950. The highest BCUT2D eigenvalue weighted by Gasteiger charge is 2.23. The summed E-state index contributed by atoms with van der Waals surface area (Å²) in [5, 5.41) is 7.43. The third-order valence-corrected chi connectivity index (χ3v) is 8.80. The van der Waals surface area contributed by atoms with E-state index in [9.17, 15) is 9.59 Å². The van der Waals surface area contributed by atoms with E-state index in [1.165, 1.54) is 37.0 Å². The molecule has 2 saturated heterocycles. The van der Waals surface area contributed by atoms with Crippen LogP contribution in [0.5, 0.6) is 0 Å². The van der Waals surface area contributed by atoms with Gasteiger partial charge in [-0.2, -0.15) is 0 Å². The molecular formula is C27H31ClN6O2S. The van der Waals surface area contributed by atoms with Crippen LogP contribution in [0.25, 0.3) is 26.1 Å². The molecule has 0 spiro atoms. The maximum Gasteiger partial charge on any atom is 0.258 e. The number of aromatic nitrogens is 2. The summed E-state index contributed by atoms with van der Waals surface area (Å²) in [6.45, 7) is 7.47. The van der Waals surface area contributed by atoms with Crippen molar-refractivity contribution in [1.29, 1.82) is 0 Å². The number of carbonyl (C=O) groups is 1. The second kappa shape index (κ2) is 10.6. The van der Waals surface area contributed by atoms with Crippen molar-refractivity contribution in [3.63, 3.8) is 0 Å². The summed E-state index contributed by atoms with van der Waals surface area (Å²) < 4.78 is 2.86. The predicted molar refractivity (Wildman–Crippen MR) is 152 cm³/mol. The number of pyridine rings is 2. The Kier molecular flexibility index (Phi) is 7.03. The number of nitrogens with one attached hydrogen (secondary N) is 2. The fraction of sp³-hybridized carbons (Fsp3) is 0.444. The Morgan fingerprint density at radius 2 is 1.68 bits per heavy atom. The van der Waals surface area contributed by atoms with Gasteiger partial charge >= 0.3 is 0 Å². The molecule has 0 unspecified atom stereocenters. The fourth-order valence-electron chi connectivity index (χ4n) is 5.48. The Bertz CT molecular complexity index is 1520. The number of hydrogen-bond donors (Lipinski definition) is 2. The van der Waals surface area contributed by atoms with Gasteiger partial charge in [-0.3, -0.25) is 14.0 Å². The Morgan fingerprint density at radius 1 is 0.973 bits per heavy atom. The minimum Gasteiger partial charge on any atom is -0.369 e. The first kappa shape index (κ1) is 24.6. The van der Waals surface area contributed by atoms with Gasteiger partial charge in [-0.05, 0) is 82.2 Å². The molecule has 2 aliphatic heterocycles. The zero-order chi connectivity index (χ0) is 25.4. The van der Waals surface area contributed by atoms with Gasteiger partial charge in [0.1, 0.15) is 16.2 Å². The molecule has 194 valence electrons. The summed E-state index contributed by atoms with van der Waals surface area (Å²) in [7, 11) is 0. The number of thiazole rings is 1. The van der Waals surface area contributed by atoms with Crippen molar-refractivity contribution < 1.29 is 4.79 Å². The van der Waals surface area contributed by atoms with Gasteiger partial charge < -0.3 is 20.4 Å². The number of fused-ring (bicyclic) bond motifs is 5. The van der Waals surface area contributed by atoms with Crippen LogP contribution < -0.4 is 16.1 Å². The summed E-state index contributed by atoms with van der Waals surface area (Å²) in [5.74, 6) is 0.373. The number of halogens is 1. The molecule has 0 aliphatic carbocycles. The van der Waals surface area contributed by atoms with Crippen molar-refractivity contribution in [3.05, 3.63) is 51.1 Å². The third-order valence-electron chi connectivity index (χ3n) is 7.42. The van der Waals surface area contributed by atoms with E-state index < -0.39 is 0 Å². The molecule has 0 bridgehead atoms. The normalized spacial score (nSPS) is 16.9. The molecular weight excluding hydrogens is 508 g/mol. The van der Waals surface area contributed by atoms with Crippen molar-refractivity contribution in [1.82, 2.24) is 24.5 Å². The molecule has 37 heavy (non-hydrogen) atoms. The van der Waals surface area contributed by atoms with Crippen LogP contribution in [0.15, 0.2) is 35.1 Å². The van der Waals surface area contributed by atoms with E-state index in [1.807, 2.05) is 28.7 Å². The third kappa shape index (κ3) is 4.93. The molecule has 1 aromatic carbocycles. The number of hydrogen-bond acceptors (Lipinski definition) is 7. The molecule has 3 aromatic heterocycles. The van der Waals surface area contributed by atoms with Crippen LogP contribution in [-0.4, -0.2) is 77.4 Å². The molecule has 6 rings (SSSR count). The number of amides is 1. The van der Waals surface area contributed by atoms with Crippen LogP contribution in [0.3, 0.4) is 0 Å². The Hall–Kier alpha value is -2.72. The van der Waals surface area contributed by atoms with Crippen molar-refractivity contribution in [2.24, 2.45) is 0 Å². The summed E-state index contributed by atoms with van der Waals surface area (Å²) in [6, 6.07) is 9.24.